The molecule has 5 aromatic carbocycles. The summed E-state index contributed by atoms with van der Waals surface area (Å²) >= 11 is 3.97. The number of aryl methyl sites for hydroxylation is 4. The van der Waals surface area contributed by atoms with Gasteiger partial charge < -0.3 is 8.80 Å². The summed E-state index contributed by atoms with van der Waals surface area (Å²) < 4.78 is 10.7. The molecular weight excluding hydrogens is 597 g/mol. The van der Waals surface area contributed by atoms with Gasteiger partial charge in [-0.2, -0.15) is 0 Å². The number of nitrogens with zero attached hydrogens (tertiary/aromatic N) is 2. The van der Waals surface area contributed by atoms with Gasteiger partial charge in [0.2, 0.25) is 0 Å². The van der Waals surface area contributed by atoms with E-state index >= 15 is 0 Å². The second kappa shape index (κ2) is 8.93. The second-order valence-electron chi connectivity index (χ2n) is 15.8. The average molecular weight is 637 g/mol. The van der Waals surface area contributed by atoms with Crippen LogP contribution in [0, 0.1) is 27.7 Å². The molecule has 46 heavy (non-hydrogen) atoms. The Labute approximate surface area is 277 Å². The van der Waals surface area contributed by atoms with Crippen LogP contribution in [-0.2, 0) is 10.8 Å². The van der Waals surface area contributed by atoms with Gasteiger partial charge in [-0.1, -0.05) is 53.7 Å². The van der Waals surface area contributed by atoms with Gasteiger partial charge in [0.15, 0.2) is 0 Å². The third kappa shape index (κ3) is 3.63. The Hall–Kier alpha value is -3.86. The van der Waals surface area contributed by atoms with Gasteiger partial charge in [0.05, 0.1) is 51.9 Å². The first-order valence-electron chi connectivity index (χ1n) is 16.4. The molecule has 230 valence electrons. The zero-order valence-electron chi connectivity index (χ0n) is 28.5. The minimum Gasteiger partial charge on any atom is -0.306 e. The van der Waals surface area contributed by atoms with Crippen LogP contribution >= 0.6 is 22.7 Å². The molecule has 0 N–H and O–H groups in total. The first-order chi connectivity index (χ1) is 21.7. The molecule has 0 radical (unpaired) electrons. The molecule has 0 spiro atoms. The summed E-state index contributed by atoms with van der Waals surface area (Å²) in [5.41, 5.74) is 16.2. The van der Waals surface area contributed by atoms with E-state index in [0.717, 1.165) is 0 Å². The van der Waals surface area contributed by atoms with Crippen molar-refractivity contribution in [3.8, 4) is 0 Å². The van der Waals surface area contributed by atoms with E-state index in [2.05, 4.69) is 139 Å². The van der Waals surface area contributed by atoms with E-state index in [-0.39, 0.29) is 10.8 Å². The van der Waals surface area contributed by atoms with E-state index in [9.17, 15) is 0 Å². The highest BCUT2D eigenvalue weighted by molar-refractivity contribution is 7.27. The zero-order chi connectivity index (χ0) is 32.2. The third-order valence-electron chi connectivity index (χ3n) is 10.6. The highest BCUT2D eigenvalue weighted by Crippen LogP contribution is 2.51. The van der Waals surface area contributed by atoms with Crippen molar-refractivity contribution < 1.29 is 0 Å². The van der Waals surface area contributed by atoms with Crippen LogP contribution in [0.2, 0.25) is 0 Å². The molecule has 0 saturated carbocycles. The fraction of sp³-hybridized carbons (Fsp3) is 0.286. The van der Waals surface area contributed by atoms with Gasteiger partial charge in [0.1, 0.15) is 0 Å². The van der Waals surface area contributed by atoms with Crippen LogP contribution in [0.4, 0.5) is 0 Å². The van der Waals surface area contributed by atoms with Crippen molar-refractivity contribution in [1.82, 2.24) is 8.80 Å². The maximum Gasteiger partial charge on any atom is 0.0736 e. The fourth-order valence-corrected chi connectivity index (χ4v) is 10.2. The monoisotopic (exact) mass is 636 g/mol. The topological polar surface area (TPSA) is 8.82 Å². The number of fused-ring (bicyclic) bond motifs is 12. The molecule has 4 heteroatoms. The SMILES string of the molecule is Cc1cc2c3c4sc5cc(C(C)(C)C)ccc5n5c6cc(C)c(C)cc6c(c6sc7cc(C(C)(C)C)ccc7n(c2cc1C)c63)c45. The molecule has 0 amide bonds. The maximum atomic E-state index is 2.60. The Morgan fingerprint density at radius 2 is 0.826 bits per heavy atom. The molecule has 0 aliphatic carbocycles. The quantitative estimate of drug-likeness (QED) is 0.146. The molecule has 0 saturated heterocycles. The van der Waals surface area contributed by atoms with Crippen LogP contribution in [0.3, 0.4) is 0 Å². The lowest BCUT2D eigenvalue weighted by Crippen LogP contribution is -2.10. The summed E-state index contributed by atoms with van der Waals surface area (Å²) in [5, 5.41) is 5.51. The highest BCUT2D eigenvalue weighted by atomic mass is 32.1. The van der Waals surface area contributed by atoms with Gasteiger partial charge in [0.25, 0.3) is 0 Å². The van der Waals surface area contributed by atoms with Crippen LogP contribution in [0.1, 0.15) is 74.9 Å². The molecule has 0 fully saturated rings. The Balaban J connectivity index is 1.66. The van der Waals surface area contributed by atoms with E-state index < -0.39 is 0 Å². The highest BCUT2D eigenvalue weighted by Gasteiger charge is 2.27. The van der Waals surface area contributed by atoms with Gasteiger partial charge in [-0.05, 0) is 120 Å². The van der Waals surface area contributed by atoms with Crippen LogP contribution in [0.5, 0.6) is 0 Å². The van der Waals surface area contributed by atoms with Crippen LogP contribution in [-0.4, -0.2) is 8.80 Å². The Bertz CT molecular complexity index is 2600. The maximum absolute atomic E-state index is 2.60. The number of hydrogen-bond donors (Lipinski definition) is 0. The summed E-state index contributed by atoms with van der Waals surface area (Å²) in [6.45, 7) is 23.0. The molecular formula is C42H40N2S2. The van der Waals surface area contributed by atoms with Crippen molar-refractivity contribution in [1.29, 1.82) is 0 Å². The van der Waals surface area contributed by atoms with E-state index in [1.165, 1.54) is 107 Å². The lowest BCUT2D eigenvalue weighted by molar-refractivity contribution is 0.591. The third-order valence-corrected chi connectivity index (χ3v) is 12.9. The Kier molecular flexibility index (Phi) is 5.51. The zero-order valence-corrected chi connectivity index (χ0v) is 30.1. The van der Waals surface area contributed by atoms with Gasteiger partial charge in [-0.3, -0.25) is 0 Å². The summed E-state index contributed by atoms with van der Waals surface area (Å²) in [7, 11) is 0. The number of hydrogen-bond acceptors (Lipinski definition) is 2. The van der Waals surface area contributed by atoms with Crippen molar-refractivity contribution >= 4 is 96.1 Å². The molecule has 4 heterocycles. The van der Waals surface area contributed by atoms with Gasteiger partial charge in [-0.15, -0.1) is 22.7 Å². The van der Waals surface area contributed by atoms with Crippen LogP contribution in [0.25, 0.3) is 73.4 Å². The summed E-state index contributed by atoms with van der Waals surface area (Å²) in [4.78, 5) is 0. The molecule has 0 unspecified atom stereocenters. The summed E-state index contributed by atoms with van der Waals surface area (Å²) in [6, 6.07) is 24.2. The normalized spacial score (nSPS) is 13.4. The molecule has 2 nitrogen and oxygen atoms in total. The van der Waals surface area contributed by atoms with E-state index in [1.807, 2.05) is 22.7 Å². The predicted molar refractivity (Wildman–Crippen MR) is 205 cm³/mol. The van der Waals surface area contributed by atoms with Crippen molar-refractivity contribution in [2.24, 2.45) is 0 Å². The second-order valence-corrected chi connectivity index (χ2v) is 17.9. The van der Waals surface area contributed by atoms with E-state index in [4.69, 9.17) is 0 Å². The standard InChI is InChI=1S/C42H40N2S2/c1-21-15-27-31(17-23(21)3)43-29-13-11-25(41(5,6)7)19-33(29)46-40-36-28-16-22(2)24(4)18-32(28)44-30-14-12-26(42(8,9)10)20-34(30)45-39(38(36)44)35(27)37(40)43/h11-20H,1-10H3. The summed E-state index contributed by atoms with van der Waals surface area (Å²) in [6.07, 6.45) is 0. The van der Waals surface area contributed by atoms with Crippen molar-refractivity contribution in [3.05, 3.63) is 94.0 Å². The number of benzene rings is 5. The lowest BCUT2D eigenvalue weighted by atomic mass is 9.87. The van der Waals surface area contributed by atoms with Crippen LogP contribution < -0.4 is 0 Å². The van der Waals surface area contributed by atoms with Gasteiger partial charge >= 0.3 is 0 Å². The average Bonchev–Trinajstić information content (AvgIpc) is 3.48. The largest absolute Gasteiger partial charge is 0.306 e. The lowest BCUT2D eigenvalue weighted by Gasteiger charge is -2.20. The Morgan fingerprint density at radius 1 is 0.457 bits per heavy atom. The van der Waals surface area contributed by atoms with Gasteiger partial charge in [0, 0.05) is 21.5 Å². The number of rotatable bonds is 0. The number of aromatic nitrogens is 2. The predicted octanol–water partition coefficient (Wildman–Crippen LogP) is 13.1. The van der Waals surface area contributed by atoms with Crippen molar-refractivity contribution in [3.63, 3.8) is 0 Å². The molecule has 9 rings (SSSR count). The Morgan fingerprint density at radius 3 is 1.20 bits per heavy atom. The van der Waals surface area contributed by atoms with E-state index in [1.54, 1.807) is 0 Å². The molecule has 0 bridgehead atoms. The van der Waals surface area contributed by atoms with Crippen molar-refractivity contribution in [2.45, 2.75) is 80.1 Å². The van der Waals surface area contributed by atoms with Gasteiger partial charge in [-0.25, -0.2) is 0 Å². The molecule has 0 atom stereocenters. The van der Waals surface area contributed by atoms with Crippen molar-refractivity contribution in [2.75, 3.05) is 0 Å². The minimum absolute atomic E-state index is 0.0780. The fourth-order valence-electron chi connectivity index (χ4n) is 7.63. The molecule has 9 aromatic rings. The van der Waals surface area contributed by atoms with Crippen LogP contribution in [0.15, 0.2) is 60.7 Å². The smallest absolute Gasteiger partial charge is 0.0736 e. The summed E-state index contributed by atoms with van der Waals surface area (Å²) in [5.74, 6) is 0. The molecule has 4 aromatic heterocycles. The minimum atomic E-state index is 0.0780. The first-order valence-corrected chi connectivity index (χ1v) is 18.1. The first kappa shape index (κ1) is 28.4. The molecule has 0 aliphatic rings. The van der Waals surface area contributed by atoms with E-state index in [0.29, 0.717) is 0 Å². The molecule has 0 aliphatic heterocycles.